The average molecular weight is 526 g/mol. The van der Waals surface area contributed by atoms with Crippen LogP contribution in [0.1, 0.15) is 24.5 Å². The van der Waals surface area contributed by atoms with Gasteiger partial charge in [0.15, 0.2) is 0 Å². The quantitative estimate of drug-likeness (QED) is 0.390. The summed E-state index contributed by atoms with van der Waals surface area (Å²) < 4.78 is 41.0. The number of anilines is 1. The van der Waals surface area contributed by atoms with Gasteiger partial charge >= 0.3 is 0 Å². The molecule has 1 atom stereocenters. The fourth-order valence-corrected chi connectivity index (χ4v) is 4.79. The first-order valence-electron chi connectivity index (χ1n) is 12.1. The molecular formula is C28H32FN3O4S. The van der Waals surface area contributed by atoms with Crippen molar-refractivity contribution >= 4 is 27.5 Å². The lowest BCUT2D eigenvalue weighted by molar-refractivity contribution is -0.140. The Morgan fingerprint density at radius 3 is 2.11 bits per heavy atom. The van der Waals surface area contributed by atoms with Gasteiger partial charge in [-0.2, -0.15) is 0 Å². The largest absolute Gasteiger partial charge is 0.354 e. The van der Waals surface area contributed by atoms with Crippen molar-refractivity contribution in [3.05, 3.63) is 102 Å². The molecular weight excluding hydrogens is 493 g/mol. The number of rotatable bonds is 12. The first-order valence-corrected chi connectivity index (χ1v) is 13.9. The Hall–Kier alpha value is -3.72. The van der Waals surface area contributed by atoms with Gasteiger partial charge in [-0.1, -0.05) is 73.7 Å². The molecule has 0 aromatic heterocycles. The van der Waals surface area contributed by atoms with Crippen LogP contribution in [0.2, 0.25) is 0 Å². The number of sulfonamides is 1. The molecule has 3 aromatic rings. The Morgan fingerprint density at radius 1 is 0.919 bits per heavy atom. The molecule has 0 aliphatic rings. The van der Waals surface area contributed by atoms with Crippen molar-refractivity contribution in [2.24, 2.45) is 0 Å². The monoisotopic (exact) mass is 525 g/mol. The van der Waals surface area contributed by atoms with Crippen molar-refractivity contribution in [2.75, 3.05) is 23.7 Å². The van der Waals surface area contributed by atoms with E-state index in [1.165, 1.54) is 11.0 Å². The van der Waals surface area contributed by atoms with Crippen molar-refractivity contribution in [1.82, 2.24) is 10.2 Å². The Balaban J connectivity index is 2.03. The maximum atomic E-state index is 14.7. The maximum absolute atomic E-state index is 14.7. The third-order valence-corrected chi connectivity index (χ3v) is 6.98. The molecule has 9 heteroatoms. The summed E-state index contributed by atoms with van der Waals surface area (Å²) in [6, 6.07) is 22.5. The van der Waals surface area contributed by atoms with Gasteiger partial charge in [0, 0.05) is 25.1 Å². The molecule has 37 heavy (non-hydrogen) atoms. The van der Waals surface area contributed by atoms with Gasteiger partial charge in [-0.25, -0.2) is 12.8 Å². The maximum Gasteiger partial charge on any atom is 0.244 e. The summed E-state index contributed by atoms with van der Waals surface area (Å²) >= 11 is 0. The molecule has 196 valence electrons. The lowest BCUT2D eigenvalue weighted by Gasteiger charge is -2.33. The molecule has 0 saturated heterocycles. The molecule has 2 amide bonds. The van der Waals surface area contributed by atoms with Gasteiger partial charge in [0.1, 0.15) is 18.4 Å². The van der Waals surface area contributed by atoms with Crippen molar-refractivity contribution in [2.45, 2.75) is 32.4 Å². The zero-order chi connectivity index (χ0) is 26.8. The lowest BCUT2D eigenvalue weighted by Crippen LogP contribution is -2.53. The zero-order valence-electron chi connectivity index (χ0n) is 21.0. The second kappa shape index (κ2) is 13.0. The summed E-state index contributed by atoms with van der Waals surface area (Å²) in [7, 11) is -3.84. The van der Waals surface area contributed by atoms with Crippen molar-refractivity contribution in [3.63, 3.8) is 0 Å². The summed E-state index contributed by atoms with van der Waals surface area (Å²) in [4.78, 5) is 28.4. The van der Waals surface area contributed by atoms with Crippen LogP contribution in [0.4, 0.5) is 10.1 Å². The van der Waals surface area contributed by atoms with Crippen molar-refractivity contribution in [1.29, 1.82) is 0 Å². The van der Waals surface area contributed by atoms with Gasteiger partial charge < -0.3 is 10.2 Å². The van der Waals surface area contributed by atoms with E-state index in [0.717, 1.165) is 16.1 Å². The number of para-hydroxylation sites is 1. The average Bonchev–Trinajstić information content (AvgIpc) is 2.89. The second-order valence-corrected chi connectivity index (χ2v) is 10.6. The molecule has 0 saturated carbocycles. The Morgan fingerprint density at radius 2 is 1.51 bits per heavy atom. The summed E-state index contributed by atoms with van der Waals surface area (Å²) in [5.74, 6) is -1.53. The predicted octanol–water partition coefficient (Wildman–Crippen LogP) is 3.76. The van der Waals surface area contributed by atoms with Gasteiger partial charge in [0.25, 0.3) is 0 Å². The third kappa shape index (κ3) is 7.88. The van der Waals surface area contributed by atoms with E-state index in [9.17, 15) is 22.4 Å². The topological polar surface area (TPSA) is 86.8 Å². The zero-order valence-corrected chi connectivity index (χ0v) is 21.8. The van der Waals surface area contributed by atoms with E-state index in [0.29, 0.717) is 18.7 Å². The molecule has 0 spiro atoms. The van der Waals surface area contributed by atoms with Crippen LogP contribution in [0.3, 0.4) is 0 Å². The Bertz CT molecular complexity index is 1290. The highest BCUT2D eigenvalue weighted by molar-refractivity contribution is 7.92. The highest BCUT2D eigenvalue weighted by atomic mass is 32.2. The molecule has 0 radical (unpaired) electrons. The van der Waals surface area contributed by atoms with E-state index < -0.39 is 34.3 Å². The van der Waals surface area contributed by atoms with E-state index in [-0.39, 0.29) is 24.4 Å². The van der Waals surface area contributed by atoms with Gasteiger partial charge in [-0.05, 0) is 30.2 Å². The molecule has 1 N–H and O–H groups in total. The minimum atomic E-state index is -3.84. The van der Waals surface area contributed by atoms with Crippen LogP contribution in [0.15, 0.2) is 84.9 Å². The van der Waals surface area contributed by atoms with Crippen molar-refractivity contribution < 1.29 is 22.4 Å². The number of carbonyl (C=O) groups is 2. The third-order valence-electron chi connectivity index (χ3n) is 5.84. The molecule has 0 unspecified atom stereocenters. The Kier molecular flexibility index (Phi) is 9.79. The molecule has 3 aromatic carbocycles. The van der Waals surface area contributed by atoms with E-state index in [2.05, 4.69) is 5.32 Å². The molecule has 3 rings (SSSR count). The van der Waals surface area contributed by atoms with Crippen LogP contribution >= 0.6 is 0 Å². The van der Waals surface area contributed by atoms with E-state index in [1.807, 2.05) is 37.3 Å². The predicted molar refractivity (Wildman–Crippen MR) is 143 cm³/mol. The van der Waals surface area contributed by atoms with Gasteiger partial charge in [-0.3, -0.25) is 13.9 Å². The van der Waals surface area contributed by atoms with E-state index in [4.69, 9.17) is 0 Å². The number of halogens is 1. The smallest absolute Gasteiger partial charge is 0.244 e. The second-order valence-electron chi connectivity index (χ2n) is 8.71. The minimum Gasteiger partial charge on any atom is -0.354 e. The number of carbonyl (C=O) groups excluding carboxylic acids is 2. The standard InChI is InChI=1S/C28H32FN3O4S/c1-3-18-30-28(34)26(19-22-12-6-4-7-13-22)31(20-23-14-10-11-17-25(23)29)27(33)21-32(37(2,35)36)24-15-8-5-9-16-24/h4-17,26H,3,18-21H2,1-2H3,(H,30,34)/t26-/m0/s1. The molecule has 7 nitrogen and oxygen atoms in total. The molecule has 0 fully saturated rings. The minimum absolute atomic E-state index is 0.181. The van der Waals surface area contributed by atoms with Crippen LogP contribution in [0.5, 0.6) is 0 Å². The molecule has 0 aliphatic carbocycles. The van der Waals surface area contributed by atoms with Crippen molar-refractivity contribution in [3.8, 4) is 0 Å². The van der Waals surface area contributed by atoms with Crippen LogP contribution in [0.25, 0.3) is 0 Å². The summed E-state index contributed by atoms with van der Waals surface area (Å²) in [6.45, 7) is 1.59. The van der Waals surface area contributed by atoms with Gasteiger partial charge in [0.2, 0.25) is 21.8 Å². The van der Waals surface area contributed by atoms with Crippen LogP contribution in [-0.4, -0.2) is 50.5 Å². The number of hydrogen-bond donors (Lipinski definition) is 1. The van der Waals surface area contributed by atoms with Gasteiger partial charge in [-0.15, -0.1) is 0 Å². The van der Waals surface area contributed by atoms with Gasteiger partial charge in [0.05, 0.1) is 11.9 Å². The molecule has 0 heterocycles. The van der Waals surface area contributed by atoms with Crippen LogP contribution in [-0.2, 0) is 32.6 Å². The highest BCUT2D eigenvalue weighted by Crippen LogP contribution is 2.20. The van der Waals surface area contributed by atoms with Crippen LogP contribution < -0.4 is 9.62 Å². The number of benzene rings is 3. The Labute approximate surface area is 218 Å². The number of hydrogen-bond acceptors (Lipinski definition) is 4. The van der Waals surface area contributed by atoms with E-state index in [1.54, 1.807) is 48.5 Å². The molecule has 0 bridgehead atoms. The number of amides is 2. The SMILES string of the molecule is CCCNC(=O)[C@H](Cc1ccccc1)N(Cc1ccccc1F)C(=O)CN(c1ccccc1)S(C)(=O)=O. The lowest BCUT2D eigenvalue weighted by atomic mass is 10.0. The number of nitrogens with zero attached hydrogens (tertiary/aromatic N) is 2. The number of nitrogens with one attached hydrogen (secondary N) is 1. The van der Waals surface area contributed by atoms with Crippen LogP contribution in [0, 0.1) is 5.82 Å². The first kappa shape index (κ1) is 27.9. The van der Waals surface area contributed by atoms with E-state index >= 15 is 0 Å². The fraction of sp³-hybridized carbons (Fsp3) is 0.286. The molecule has 0 aliphatic heterocycles. The fourth-order valence-electron chi connectivity index (χ4n) is 3.94. The highest BCUT2D eigenvalue weighted by Gasteiger charge is 2.33. The summed E-state index contributed by atoms with van der Waals surface area (Å²) in [6.07, 6.45) is 1.89. The summed E-state index contributed by atoms with van der Waals surface area (Å²) in [5.41, 5.74) is 1.36. The summed E-state index contributed by atoms with van der Waals surface area (Å²) in [5, 5.41) is 2.85. The first-order chi connectivity index (χ1) is 17.7. The normalized spacial score (nSPS) is 12.0.